The third kappa shape index (κ3) is 5.15. The molecule has 5 heteroatoms. The molecule has 0 aliphatic carbocycles. The van der Waals surface area contributed by atoms with Crippen LogP contribution < -0.4 is 0 Å². The van der Waals surface area contributed by atoms with Crippen molar-refractivity contribution in [2.24, 2.45) is 0 Å². The van der Waals surface area contributed by atoms with Crippen molar-refractivity contribution in [3.8, 4) is 0 Å². The van der Waals surface area contributed by atoms with Gasteiger partial charge in [-0.1, -0.05) is 30.3 Å². The molecule has 1 saturated heterocycles. The molecular formula is C17H23NO4. The maximum atomic E-state index is 12.1. The molecule has 0 aromatic heterocycles. The minimum absolute atomic E-state index is 0.00147. The fourth-order valence-corrected chi connectivity index (χ4v) is 2.56. The highest BCUT2D eigenvalue weighted by Gasteiger charge is 2.24. The number of amides is 1. The SMILES string of the molecule is COC(=O)CCC(=O)N1CCO[C@H](CCc2ccccc2)C1. The van der Waals surface area contributed by atoms with Crippen molar-refractivity contribution >= 4 is 11.9 Å². The van der Waals surface area contributed by atoms with Crippen molar-refractivity contribution in [3.63, 3.8) is 0 Å². The lowest BCUT2D eigenvalue weighted by Gasteiger charge is -2.33. The molecular weight excluding hydrogens is 282 g/mol. The fourth-order valence-electron chi connectivity index (χ4n) is 2.56. The average molecular weight is 305 g/mol. The predicted octanol–water partition coefficient (Wildman–Crippen LogP) is 1.80. The summed E-state index contributed by atoms with van der Waals surface area (Å²) in [5.74, 6) is -0.347. The molecule has 1 fully saturated rings. The number of morpholine rings is 1. The first-order chi connectivity index (χ1) is 10.7. The third-order valence-corrected chi connectivity index (χ3v) is 3.86. The average Bonchev–Trinajstić information content (AvgIpc) is 2.58. The molecule has 1 aliphatic rings. The molecule has 1 heterocycles. The first-order valence-electron chi connectivity index (χ1n) is 7.69. The van der Waals surface area contributed by atoms with Gasteiger partial charge < -0.3 is 14.4 Å². The number of carbonyl (C=O) groups is 2. The van der Waals surface area contributed by atoms with E-state index in [1.807, 2.05) is 18.2 Å². The van der Waals surface area contributed by atoms with Gasteiger partial charge in [0.25, 0.3) is 0 Å². The van der Waals surface area contributed by atoms with E-state index >= 15 is 0 Å². The van der Waals surface area contributed by atoms with E-state index in [0.717, 1.165) is 12.8 Å². The van der Waals surface area contributed by atoms with Crippen LogP contribution >= 0.6 is 0 Å². The van der Waals surface area contributed by atoms with Crippen molar-refractivity contribution in [1.82, 2.24) is 4.90 Å². The Bertz CT molecular complexity index is 489. The van der Waals surface area contributed by atoms with E-state index in [1.54, 1.807) is 4.90 Å². The van der Waals surface area contributed by atoms with Crippen LogP contribution in [0.1, 0.15) is 24.8 Å². The summed E-state index contributed by atoms with van der Waals surface area (Å²) >= 11 is 0. The summed E-state index contributed by atoms with van der Waals surface area (Å²) in [6.07, 6.45) is 2.25. The van der Waals surface area contributed by atoms with E-state index in [9.17, 15) is 9.59 Å². The quantitative estimate of drug-likeness (QED) is 0.752. The molecule has 0 N–H and O–H groups in total. The lowest BCUT2D eigenvalue weighted by molar-refractivity contribution is -0.146. The van der Waals surface area contributed by atoms with Gasteiger partial charge in [0.05, 0.1) is 26.2 Å². The first kappa shape index (κ1) is 16.5. The van der Waals surface area contributed by atoms with Crippen LogP contribution in [0, 0.1) is 0 Å². The first-order valence-corrected chi connectivity index (χ1v) is 7.69. The van der Waals surface area contributed by atoms with E-state index < -0.39 is 0 Å². The molecule has 1 aliphatic heterocycles. The molecule has 0 unspecified atom stereocenters. The molecule has 2 rings (SSSR count). The maximum Gasteiger partial charge on any atom is 0.306 e. The molecule has 0 bridgehead atoms. The number of hydrogen-bond donors (Lipinski definition) is 0. The second kappa shape index (κ2) is 8.54. The molecule has 1 aromatic carbocycles. The summed E-state index contributed by atoms with van der Waals surface area (Å²) in [6.45, 7) is 1.76. The molecule has 5 nitrogen and oxygen atoms in total. The number of nitrogens with zero attached hydrogens (tertiary/aromatic N) is 1. The number of benzene rings is 1. The van der Waals surface area contributed by atoms with Crippen LogP contribution in [0.15, 0.2) is 30.3 Å². The number of rotatable bonds is 6. The number of esters is 1. The number of hydrogen-bond acceptors (Lipinski definition) is 4. The number of ether oxygens (including phenoxy) is 2. The smallest absolute Gasteiger partial charge is 0.306 e. The summed E-state index contributed by atoms with van der Waals surface area (Å²) in [7, 11) is 1.33. The standard InChI is InChI=1S/C17H23NO4/c1-21-17(20)10-9-16(19)18-11-12-22-15(13-18)8-7-14-5-3-2-4-6-14/h2-6,15H,7-13H2,1H3/t15-/m1/s1. The predicted molar refractivity (Wildman–Crippen MR) is 82.3 cm³/mol. The van der Waals surface area contributed by atoms with E-state index in [-0.39, 0.29) is 30.8 Å². The highest BCUT2D eigenvalue weighted by molar-refractivity contribution is 5.81. The van der Waals surface area contributed by atoms with Gasteiger partial charge in [-0.3, -0.25) is 9.59 Å². The number of carbonyl (C=O) groups excluding carboxylic acids is 2. The lowest BCUT2D eigenvalue weighted by atomic mass is 10.1. The summed E-state index contributed by atoms with van der Waals surface area (Å²) in [5, 5.41) is 0. The Balaban J connectivity index is 1.76. The fraction of sp³-hybridized carbons (Fsp3) is 0.529. The van der Waals surface area contributed by atoms with Gasteiger partial charge in [-0.05, 0) is 18.4 Å². The van der Waals surface area contributed by atoms with Gasteiger partial charge in [-0.25, -0.2) is 0 Å². The Morgan fingerprint density at radius 2 is 2.05 bits per heavy atom. The van der Waals surface area contributed by atoms with Gasteiger partial charge in [0.1, 0.15) is 0 Å². The zero-order valence-electron chi connectivity index (χ0n) is 13.0. The topological polar surface area (TPSA) is 55.8 Å². The number of methoxy groups -OCH3 is 1. The van der Waals surface area contributed by atoms with Crippen LogP contribution in [0.3, 0.4) is 0 Å². The van der Waals surface area contributed by atoms with Gasteiger partial charge in [0, 0.05) is 19.5 Å². The van der Waals surface area contributed by atoms with Gasteiger partial charge in [0.15, 0.2) is 0 Å². The van der Waals surface area contributed by atoms with Crippen LogP contribution in [-0.4, -0.2) is 49.7 Å². The highest BCUT2D eigenvalue weighted by Crippen LogP contribution is 2.14. The van der Waals surface area contributed by atoms with Gasteiger partial charge in [-0.2, -0.15) is 0 Å². The molecule has 0 spiro atoms. The Morgan fingerprint density at radius 3 is 2.77 bits per heavy atom. The lowest BCUT2D eigenvalue weighted by Crippen LogP contribution is -2.45. The Morgan fingerprint density at radius 1 is 1.27 bits per heavy atom. The minimum atomic E-state index is -0.345. The van der Waals surface area contributed by atoms with E-state index in [0.29, 0.717) is 19.7 Å². The summed E-state index contributed by atoms with van der Waals surface area (Å²) in [6, 6.07) is 10.3. The zero-order chi connectivity index (χ0) is 15.8. The van der Waals surface area contributed by atoms with Crippen LogP contribution in [0.4, 0.5) is 0 Å². The molecule has 0 saturated carbocycles. The number of aryl methyl sites for hydroxylation is 1. The van der Waals surface area contributed by atoms with E-state index in [1.165, 1.54) is 12.7 Å². The van der Waals surface area contributed by atoms with Crippen molar-refractivity contribution in [2.45, 2.75) is 31.8 Å². The summed E-state index contributed by atoms with van der Waals surface area (Å²) in [5.41, 5.74) is 1.28. The van der Waals surface area contributed by atoms with Crippen molar-refractivity contribution in [2.75, 3.05) is 26.8 Å². The van der Waals surface area contributed by atoms with Gasteiger partial charge in [0.2, 0.25) is 5.91 Å². The Kier molecular flexibility index (Phi) is 6.40. The van der Waals surface area contributed by atoms with E-state index in [2.05, 4.69) is 16.9 Å². The normalized spacial score (nSPS) is 18.0. The molecule has 22 heavy (non-hydrogen) atoms. The van der Waals surface area contributed by atoms with Crippen LogP contribution in [0.5, 0.6) is 0 Å². The Hall–Kier alpha value is -1.88. The van der Waals surface area contributed by atoms with Crippen molar-refractivity contribution in [3.05, 3.63) is 35.9 Å². The molecule has 1 amide bonds. The summed E-state index contributed by atoms with van der Waals surface area (Å²) in [4.78, 5) is 25.0. The maximum absolute atomic E-state index is 12.1. The molecule has 0 radical (unpaired) electrons. The largest absolute Gasteiger partial charge is 0.469 e. The Labute approximate surface area is 131 Å². The van der Waals surface area contributed by atoms with Crippen LogP contribution in [0.25, 0.3) is 0 Å². The van der Waals surface area contributed by atoms with E-state index in [4.69, 9.17) is 4.74 Å². The van der Waals surface area contributed by atoms with Gasteiger partial charge >= 0.3 is 5.97 Å². The van der Waals surface area contributed by atoms with Crippen LogP contribution in [-0.2, 0) is 25.5 Å². The highest BCUT2D eigenvalue weighted by atomic mass is 16.5. The second-order valence-electron chi connectivity index (χ2n) is 5.43. The van der Waals surface area contributed by atoms with Crippen LogP contribution in [0.2, 0.25) is 0 Å². The minimum Gasteiger partial charge on any atom is -0.469 e. The molecule has 1 aromatic rings. The monoisotopic (exact) mass is 305 g/mol. The molecule has 120 valence electrons. The molecule has 1 atom stereocenters. The zero-order valence-corrected chi connectivity index (χ0v) is 13.0. The van der Waals surface area contributed by atoms with Crippen molar-refractivity contribution in [1.29, 1.82) is 0 Å². The van der Waals surface area contributed by atoms with Crippen molar-refractivity contribution < 1.29 is 19.1 Å². The third-order valence-electron chi connectivity index (χ3n) is 3.86. The summed E-state index contributed by atoms with van der Waals surface area (Å²) < 4.78 is 10.3. The second-order valence-corrected chi connectivity index (χ2v) is 5.43. The van der Waals surface area contributed by atoms with Gasteiger partial charge in [-0.15, -0.1) is 0 Å².